The lowest BCUT2D eigenvalue weighted by Crippen LogP contribution is -2.49. The Bertz CT molecular complexity index is 1720. The van der Waals surface area contributed by atoms with E-state index >= 15 is 0 Å². The minimum Gasteiger partial charge on any atom is -0.135 e. The van der Waals surface area contributed by atoms with Gasteiger partial charge in [0.1, 0.15) is 0 Å². The van der Waals surface area contributed by atoms with Gasteiger partial charge in [0.2, 0.25) is 0 Å². The van der Waals surface area contributed by atoms with Gasteiger partial charge in [0.25, 0.3) is 0 Å². The van der Waals surface area contributed by atoms with E-state index in [1.165, 1.54) is 74.5 Å². The maximum Gasteiger partial charge on any atom is 0.0412 e. The summed E-state index contributed by atoms with van der Waals surface area (Å²) in [5.74, 6) is 3.08. The molecule has 0 amide bonds. The van der Waals surface area contributed by atoms with Crippen LogP contribution in [0.2, 0.25) is 5.02 Å². The molecule has 8 rings (SSSR count). The van der Waals surface area contributed by atoms with Crippen LogP contribution in [0, 0.1) is 23.7 Å². The maximum atomic E-state index is 6.62. The highest BCUT2D eigenvalue weighted by atomic mass is 35.5. The zero-order valence-electron chi connectivity index (χ0n) is 22.1. The first-order chi connectivity index (χ1) is 18.6. The normalized spacial score (nSPS) is 27.7. The van der Waals surface area contributed by atoms with Crippen LogP contribution < -0.4 is 0 Å². The molecule has 1 aromatic heterocycles. The molecule has 0 N–H and O–H groups in total. The molecule has 0 radical (unpaired) electrons. The highest BCUT2D eigenvalue weighted by Crippen LogP contribution is 2.65. The van der Waals surface area contributed by atoms with Crippen LogP contribution in [0.5, 0.6) is 0 Å². The maximum absolute atomic E-state index is 6.62. The summed E-state index contributed by atoms with van der Waals surface area (Å²) >= 11 is 8.53. The Balaban J connectivity index is 1.33. The van der Waals surface area contributed by atoms with Crippen LogP contribution in [0.25, 0.3) is 42.4 Å². The van der Waals surface area contributed by atoms with Crippen molar-refractivity contribution in [3.8, 4) is 22.3 Å². The van der Waals surface area contributed by atoms with E-state index in [9.17, 15) is 0 Å². The smallest absolute Gasteiger partial charge is 0.0412 e. The van der Waals surface area contributed by atoms with Crippen molar-refractivity contribution < 1.29 is 0 Å². The second-order valence-electron chi connectivity index (χ2n) is 12.3. The van der Waals surface area contributed by atoms with Crippen molar-refractivity contribution in [3.63, 3.8) is 0 Å². The summed E-state index contributed by atoms with van der Waals surface area (Å²) in [6.07, 6.45) is 6.82. The average molecular weight is 533 g/mol. The van der Waals surface area contributed by atoms with Crippen LogP contribution in [0.4, 0.5) is 0 Å². The first-order valence-corrected chi connectivity index (χ1v) is 15.6. The lowest BCUT2D eigenvalue weighted by molar-refractivity contribution is 0.0368. The second kappa shape index (κ2) is 8.44. The number of benzene rings is 4. The van der Waals surface area contributed by atoms with E-state index < -0.39 is 0 Å². The zero-order valence-corrected chi connectivity index (χ0v) is 23.7. The lowest BCUT2D eigenvalue weighted by Gasteiger charge is -2.54. The Labute approximate surface area is 234 Å². The highest BCUT2D eigenvalue weighted by Gasteiger charge is 2.56. The molecule has 190 valence electrons. The minimum absolute atomic E-state index is 0.0946. The fourth-order valence-electron chi connectivity index (χ4n) is 8.97. The molecule has 0 aliphatic heterocycles. The minimum atomic E-state index is 0.0946. The molecule has 5 aromatic rings. The monoisotopic (exact) mass is 532 g/mol. The molecule has 4 aromatic carbocycles. The van der Waals surface area contributed by atoms with Gasteiger partial charge in [-0.05, 0) is 113 Å². The molecule has 3 aliphatic rings. The number of thiophene rings is 1. The van der Waals surface area contributed by atoms with E-state index in [1.54, 1.807) is 11.1 Å². The Morgan fingerprint density at radius 3 is 2.47 bits per heavy atom. The van der Waals surface area contributed by atoms with Crippen molar-refractivity contribution in [1.82, 2.24) is 0 Å². The fraction of sp³-hybridized carbons (Fsp3) is 0.333. The van der Waals surface area contributed by atoms with Crippen LogP contribution in [-0.4, -0.2) is 0 Å². The van der Waals surface area contributed by atoms with Gasteiger partial charge in [0.05, 0.1) is 0 Å². The molecule has 1 heterocycles. The molecular weight excluding hydrogens is 500 g/mol. The summed E-state index contributed by atoms with van der Waals surface area (Å²) < 4.78 is 2.74. The molecular formula is C36H33ClS. The number of rotatable bonds is 2. The lowest BCUT2D eigenvalue weighted by atomic mass is 9.49. The largest absolute Gasteiger partial charge is 0.135 e. The first kappa shape index (κ1) is 23.3. The standard InChI is InChI=1S/C36H33ClS/c1-3-22-15-23-14-21(2)36(26(16-22)17-23)32-13-10-27(37)20-31(32)28-11-8-24(18-33(28)36)25-9-12-30-29-6-4-5-7-34(29)38-35(30)19-25/h4-13,18-23,26H,3,14-17H2,1-2H3. The van der Waals surface area contributed by atoms with E-state index in [0.29, 0.717) is 11.8 Å². The van der Waals surface area contributed by atoms with Gasteiger partial charge in [-0.15, -0.1) is 11.3 Å². The van der Waals surface area contributed by atoms with Crippen molar-refractivity contribution in [2.45, 2.75) is 51.4 Å². The highest BCUT2D eigenvalue weighted by molar-refractivity contribution is 7.25. The second-order valence-corrected chi connectivity index (χ2v) is 13.8. The van der Waals surface area contributed by atoms with Gasteiger partial charge < -0.3 is 0 Å². The molecule has 2 saturated carbocycles. The van der Waals surface area contributed by atoms with E-state index in [2.05, 4.69) is 92.7 Å². The summed E-state index contributed by atoms with van der Waals surface area (Å²) in [5, 5.41) is 3.59. The number of hydrogen-bond donors (Lipinski definition) is 0. The third-order valence-electron chi connectivity index (χ3n) is 10.5. The van der Waals surface area contributed by atoms with Crippen LogP contribution in [-0.2, 0) is 5.41 Å². The summed E-state index contributed by atoms with van der Waals surface area (Å²) in [6, 6.07) is 30.0. The van der Waals surface area contributed by atoms with Gasteiger partial charge in [-0.3, -0.25) is 0 Å². The molecule has 0 saturated heterocycles. The Morgan fingerprint density at radius 1 is 0.763 bits per heavy atom. The number of fused-ring (bicyclic) bond motifs is 11. The molecule has 0 nitrogen and oxygen atoms in total. The summed E-state index contributed by atoms with van der Waals surface area (Å²) in [5.41, 5.74) is 8.67. The van der Waals surface area contributed by atoms with Crippen molar-refractivity contribution in [3.05, 3.63) is 95.0 Å². The molecule has 2 bridgehead atoms. The van der Waals surface area contributed by atoms with Gasteiger partial charge in [0, 0.05) is 30.6 Å². The molecule has 2 heteroatoms. The van der Waals surface area contributed by atoms with Crippen LogP contribution in [0.15, 0.2) is 78.9 Å². The van der Waals surface area contributed by atoms with Crippen molar-refractivity contribution in [1.29, 1.82) is 0 Å². The Hall–Kier alpha value is -2.61. The van der Waals surface area contributed by atoms with Gasteiger partial charge in [-0.2, -0.15) is 0 Å². The van der Waals surface area contributed by atoms with Gasteiger partial charge >= 0.3 is 0 Å². The third-order valence-corrected chi connectivity index (χ3v) is 11.9. The van der Waals surface area contributed by atoms with E-state index in [1.807, 2.05) is 11.3 Å². The van der Waals surface area contributed by atoms with E-state index in [0.717, 1.165) is 16.9 Å². The van der Waals surface area contributed by atoms with Crippen molar-refractivity contribution >= 4 is 43.1 Å². The quantitative estimate of drug-likeness (QED) is 0.212. The van der Waals surface area contributed by atoms with Crippen molar-refractivity contribution in [2.75, 3.05) is 0 Å². The molecule has 3 aliphatic carbocycles. The summed E-state index contributed by atoms with van der Waals surface area (Å²) in [7, 11) is 0. The summed E-state index contributed by atoms with van der Waals surface area (Å²) in [6.45, 7) is 4.95. The Morgan fingerprint density at radius 2 is 1.58 bits per heavy atom. The topological polar surface area (TPSA) is 0 Å². The molecule has 38 heavy (non-hydrogen) atoms. The molecule has 2 fully saturated rings. The van der Waals surface area contributed by atoms with Crippen LogP contribution >= 0.6 is 22.9 Å². The SMILES string of the molecule is CCC1CC2CC(C)C3(c4ccc(Cl)cc4-c4ccc(-c5ccc6c(c5)sc5ccccc56)cc43)C(C1)C2. The predicted octanol–water partition coefficient (Wildman–Crippen LogP) is 11.1. The van der Waals surface area contributed by atoms with E-state index in [4.69, 9.17) is 11.6 Å². The molecule has 5 unspecified atom stereocenters. The van der Waals surface area contributed by atoms with Gasteiger partial charge in [-0.25, -0.2) is 0 Å². The third kappa shape index (κ3) is 3.15. The summed E-state index contributed by atoms with van der Waals surface area (Å²) in [4.78, 5) is 0. The average Bonchev–Trinajstić information content (AvgIpc) is 3.44. The molecule has 5 atom stereocenters. The Kier molecular flexibility index (Phi) is 5.17. The zero-order chi connectivity index (χ0) is 25.6. The fourth-order valence-corrected chi connectivity index (χ4v) is 10.3. The van der Waals surface area contributed by atoms with Crippen LogP contribution in [0.3, 0.4) is 0 Å². The first-order valence-electron chi connectivity index (χ1n) is 14.4. The van der Waals surface area contributed by atoms with E-state index in [-0.39, 0.29) is 5.41 Å². The number of halogens is 1. The molecule has 1 spiro atoms. The van der Waals surface area contributed by atoms with Gasteiger partial charge in [-0.1, -0.05) is 80.4 Å². The van der Waals surface area contributed by atoms with Gasteiger partial charge in [0.15, 0.2) is 0 Å². The number of hydrogen-bond acceptors (Lipinski definition) is 1. The predicted molar refractivity (Wildman–Crippen MR) is 164 cm³/mol. The van der Waals surface area contributed by atoms with Crippen LogP contribution in [0.1, 0.15) is 57.1 Å². The van der Waals surface area contributed by atoms with Crippen molar-refractivity contribution in [2.24, 2.45) is 23.7 Å².